The topological polar surface area (TPSA) is 112 Å². The van der Waals surface area contributed by atoms with Gasteiger partial charge in [-0.1, -0.05) is 0 Å². The van der Waals surface area contributed by atoms with Crippen LogP contribution in [0.5, 0.6) is 5.88 Å². The smallest absolute Gasteiger partial charge is 0.269 e. The van der Waals surface area contributed by atoms with Gasteiger partial charge in [0.25, 0.3) is 5.69 Å². The van der Waals surface area contributed by atoms with E-state index in [1.807, 2.05) is 13.1 Å². The van der Waals surface area contributed by atoms with Crippen molar-refractivity contribution in [3.05, 3.63) is 56.5 Å². The molecule has 2 N–H and O–H groups in total. The van der Waals surface area contributed by atoms with Crippen molar-refractivity contribution in [3.8, 4) is 17.0 Å². The quantitative estimate of drug-likeness (QED) is 0.422. The predicted molar refractivity (Wildman–Crippen MR) is 97.5 cm³/mol. The minimum atomic E-state index is -0.435. The second-order valence-corrected chi connectivity index (χ2v) is 6.51. The normalized spacial score (nSPS) is 14.3. The number of benzene rings is 2. The zero-order valence-electron chi connectivity index (χ0n) is 14.0. The highest BCUT2D eigenvalue weighted by Gasteiger charge is 2.24. The molecule has 3 aromatic rings. The standard InChI is InChI=1S/C18H16N4O4/c1-21-7-6-12-13(10-2-4-11(5-3-10)22(25)26)8-14-16(15(12)9-21)19-18(23)17(14)20-24/h2-5,8,19,23H,6-7,9H2,1H3. The first-order chi connectivity index (χ1) is 12.5. The zero-order valence-corrected chi connectivity index (χ0v) is 14.0. The largest absolute Gasteiger partial charge is 0.493 e. The van der Waals surface area contributed by atoms with Crippen LogP contribution >= 0.6 is 0 Å². The van der Waals surface area contributed by atoms with E-state index in [0.717, 1.165) is 35.2 Å². The summed E-state index contributed by atoms with van der Waals surface area (Å²) in [6.07, 6.45) is 0.803. The number of nitrogens with one attached hydrogen (secondary N) is 1. The molecule has 0 amide bonds. The fraction of sp³-hybridized carbons (Fsp3) is 0.222. The SMILES string of the molecule is CN1CCc2c(-c3ccc([N+](=O)[O-])cc3)cc3c(N=O)c(O)[nH]c3c2C1. The molecule has 0 fully saturated rings. The first-order valence-electron chi connectivity index (χ1n) is 8.15. The Morgan fingerprint density at radius 2 is 2.00 bits per heavy atom. The molecular formula is C18H16N4O4. The van der Waals surface area contributed by atoms with E-state index in [0.29, 0.717) is 17.4 Å². The maximum Gasteiger partial charge on any atom is 0.269 e. The van der Waals surface area contributed by atoms with Crippen molar-refractivity contribution in [1.82, 2.24) is 9.88 Å². The number of nitrogens with zero attached hydrogens (tertiary/aromatic N) is 3. The van der Waals surface area contributed by atoms with Gasteiger partial charge in [0.05, 0.1) is 10.4 Å². The molecule has 0 atom stereocenters. The molecule has 1 aliphatic rings. The number of hydrogen-bond donors (Lipinski definition) is 2. The van der Waals surface area contributed by atoms with Crippen molar-refractivity contribution in [2.75, 3.05) is 13.6 Å². The Balaban J connectivity index is 1.99. The van der Waals surface area contributed by atoms with Crippen LogP contribution in [-0.4, -0.2) is 33.5 Å². The van der Waals surface area contributed by atoms with Gasteiger partial charge in [-0.3, -0.25) is 10.1 Å². The highest BCUT2D eigenvalue weighted by molar-refractivity contribution is 6.00. The van der Waals surface area contributed by atoms with Gasteiger partial charge in [-0.25, -0.2) is 0 Å². The number of nitro benzene ring substituents is 1. The lowest BCUT2D eigenvalue weighted by Crippen LogP contribution is -2.27. The Kier molecular flexibility index (Phi) is 3.69. The molecule has 2 aromatic carbocycles. The van der Waals surface area contributed by atoms with E-state index in [2.05, 4.69) is 15.1 Å². The molecule has 132 valence electrons. The van der Waals surface area contributed by atoms with Gasteiger partial charge in [0.1, 0.15) is 0 Å². The number of aromatic hydroxyl groups is 1. The second-order valence-electron chi connectivity index (χ2n) is 6.51. The summed E-state index contributed by atoms with van der Waals surface area (Å²) < 4.78 is 0. The van der Waals surface area contributed by atoms with Crippen LogP contribution in [0.4, 0.5) is 11.4 Å². The molecule has 8 heteroatoms. The Morgan fingerprint density at radius 1 is 1.27 bits per heavy atom. The van der Waals surface area contributed by atoms with Crippen molar-refractivity contribution in [2.45, 2.75) is 13.0 Å². The first kappa shape index (κ1) is 16.2. The summed E-state index contributed by atoms with van der Waals surface area (Å²) in [5, 5.41) is 24.4. The summed E-state index contributed by atoms with van der Waals surface area (Å²) in [7, 11) is 2.01. The third-order valence-corrected chi connectivity index (χ3v) is 4.92. The van der Waals surface area contributed by atoms with Gasteiger partial charge in [-0.2, -0.15) is 0 Å². The van der Waals surface area contributed by atoms with E-state index in [4.69, 9.17) is 0 Å². The average Bonchev–Trinajstić information content (AvgIpc) is 2.96. The van der Waals surface area contributed by atoms with E-state index >= 15 is 0 Å². The molecule has 1 aromatic heterocycles. The van der Waals surface area contributed by atoms with Gasteiger partial charge >= 0.3 is 0 Å². The monoisotopic (exact) mass is 352 g/mol. The van der Waals surface area contributed by atoms with Crippen LogP contribution in [0.15, 0.2) is 35.5 Å². The number of nitro groups is 1. The van der Waals surface area contributed by atoms with Gasteiger partial charge in [-0.05, 0) is 59.1 Å². The van der Waals surface area contributed by atoms with Crippen LogP contribution in [0.3, 0.4) is 0 Å². The Bertz CT molecular complexity index is 1040. The van der Waals surface area contributed by atoms with Crippen molar-refractivity contribution in [3.63, 3.8) is 0 Å². The number of fused-ring (bicyclic) bond motifs is 3. The molecule has 4 rings (SSSR count). The van der Waals surface area contributed by atoms with E-state index in [1.54, 1.807) is 12.1 Å². The van der Waals surface area contributed by atoms with E-state index in [9.17, 15) is 20.1 Å². The Hall–Kier alpha value is -3.26. The average molecular weight is 352 g/mol. The fourth-order valence-electron chi connectivity index (χ4n) is 3.64. The maximum atomic E-state index is 11.2. The molecule has 0 aliphatic carbocycles. The zero-order chi connectivity index (χ0) is 18.4. The molecule has 26 heavy (non-hydrogen) atoms. The molecular weight excluding hydrogens is 336 g/mol. The molecule has 0 saturated carbocycles. The summed E-state index contributed by atoms with van der Waals surface area (Å²) in [6.45, 7) is 1.55. The van der Waals surface area contributed by atoms with Crippen LogP contribution in [-0.2, 0) is 13.0 Å². The van der Waals surface area contributed by atoms with Crippen molar-refractivity contribution in [2.24, 2.45) is 5.18 Å². The molecule has 0 saturated heterocycles. The highest BCUT2D eigenvalue weighted by Crippen LogP contribution is 2.43. The minimum Gasteiger partial charge on any atom is -0.493 e. The number of nitroso groups, excluding NO2 is 1. The van der Waals surface area contributed by atoms with Crippen LogP contribution < -0.4 is 0 Å². The molecule has 0 bridgehead atoms. The van der Waals surface area contributed by atoms with Crippen LogP contribution in [0.2, 0.25) is 0 Å². The van der Waals surface area contributed by atoms with Gasteiger partial charge in [0.15, 0.2) is 5.69 Å². The predicted octanol–water partition coefficient (Wildman–Crippen LogP) is 3.83. The number of non-ortho nitro benzene ring substituents is 1. The molecule has 0 radical (unpaired) electrons. The summed E-state index contributed by atoms with van der Waals surface area (Å²) in [6, 6.07) is 8.17. The number of likely N-dealkylation sites (N-methyl/N-ethyl adjacent to an activating group) is 1. The molecule has 0 spiro atoms. The summed E-state index contributed by atoms with van der Waals surface area (Å²) in [5.41, 5.74) is 4.58. The summed E-state index contributed by atoms with van der Waals surface area (Å²) >= 11 is 0. The Labute approximate surface area is 148 Å². The van der Waals surface area contributed by atoms with E-state index < -0.39 is 4.92 Å². The molecule has 0 unspecified atom stereocenters. The van der Waals surface area contributed by atoms with Gasteiger partial charge in [-0.15, -0.1) is 4.91 Å². The van der Waals surface area contributed by atoms with E-state index in [-0.39, 0.29) is 17.3 Å². The molecule has 1 aliphatic heterocycles. The van der Waals surface area contributed by atoms with Crippen molar-refractivity contribution >= 4 is 22.3 Å². The first-order valence-corrected chi connectivity index (χ1v) is 8.15. The molecule has 2 heterocycles. The lowest BCUT2D eigenvalue weighted by molar-refractivity contribution is -0.384. The van der Waals surface area contributed by atoms with Crippen LogP contribution in [0.1, 0.15) is 11.1 Å². The van der Waals surface area contributed by atoms with Gasteiger partial charge in [0, 0.05) is 30.6 Å². The molecule has 8 nitrogen and oxygen atoms in total. The summed E-state index contributed by atoms with van der Waals surface area (Å²) in [5.74, 6) is -0.244. The lowest BCUT2D eigenvalue weighted by atomic mass is 9.88. The highest BCUT2D eigenvalue weighted by atomic mass is 16.6. The number of aromatic amines is 1. The van der Waals surface area contributed by atoms with Crippen LogP contribution in [0, 0.1) is 15.0 Å². The third-order valence-electron chi connectivity index (χ3n) is 4.92. The number of rotatable bonds is 3. The fourth-order valence-corrected chi connectivity index (χ4v) is 3.64. The van der Waals surface area contributed by atoms with E-state index in [1.165, 1.54) is 12.1 Å². The van der Waals surface area contributed by atoms with Gasteiger partial charge < -0.3 is 15.0 Å². The summed E-state index contributed by atoms with van der Waals surface area (Å²) in [4.78, 5) is 26.7. The lowest BCUT2D eigenvalue weighted by Gasteiger charge is -2.27. The van der Waals surface area contributed by atoms with Crippen molar-refractivity contribution < 1.29 is 10.0 Å². The second kappa shape index (κ2) is 5.92. The Morgan fingerprint density at radius 3 is 2.65 bits per heavy atom. The number of H-pyrrole nitrogens is 1. The van der Waals surface area contributed by atoms with Crippen molar-refractivity contribution in [1.29, 1.82) is 0 Å². The minimum absolute atomic E-state index is 0.0146. The number of aromatic nitrogens is 1. The third kappa shape index (κ3) is 2.42. The number of hydrogen-bond acceptors (Lipinski definition) is 6. The van der Waals surface area contributed by atoms with Crippen LogP contribution in [0.25, 0.3) is 22.0 Å². The maximum absolute atomic E-state index is 11.2. The van der Waals surface area contributed by atoms with Gasteiger partial charge in [0.2, 0.25) is 5.88 Å².